The molecule has 0 fully saturated rings. The highest BCUT2D eigenvalue weighted by Gasteiger charge is 2.12. The van der Waals surface area contributed by atoms with Crippen LogP contribution in [0, 0.1) is 12.3 Å². The van der Waals surface area contributed by atoms with E-state index in [1.807, 2.05) is 6.20 Å². The molecular weight excluding hydrogens is 258 g/mol. The predicted molar refractivity (Wildman–Crippen MR) is 90.4 cm³/mol. The molecule has 1 aromatic carbocycles. The molecule has 1 aromatic heterocycles. The molecule has 0 saturated heterocycles. The molecule has 0 aliphatic heterocycles. The Morgan fingerprint density at radius 3 is 2.62 bits per heavy atom. The molecule has 0 amide bonds. The molecule has 0 spiro atoms. The maximum Gasteiger partial charge on any atom is 0.137 e. The second-order valence-electron chi connectivity index (χ2n) is 5.41. The van der Waals surface area contributed by atoms with E-state index in [0.29, 0.717) is 12.6 Å². The number of hydrogen-bond acceptors (Lipinski definition) is 3. The highest BCUT2D eigenvalue weighted by Crippen LogP contribution is 2.27. The van der Waals surface area contributed by atoms with Crippen molar-refractivity contribution in [3.05, 3.63) is 36.0 Å². The molecule has 0 aliphatic carbocycles. The van der Waals surface area contributed by atoms with Crippen molar-refractivity contribution in [3.63, 3.8) is 0 Å². The zero-order valence-electron chi connectivity index (χ0n) is 13.1. The van der Waals surface area contributed by atoms with Gasteiger partial charge in [-0.3, -0.25) is 0 Å². The van der Waals surface area contributed by atoms with Crippen LogP contribution in [0.25, 0.3) is 10.8 Å². The largest absolute Gasteiger partial charge is 0.345 e. The summed E-state index contributed by atoms with van der Waals surface area (Å²) < 4.78 is 0. The third kappa shape index (κ3) is 3.53. The first-order valence-electron chi connectivity index (χ1n) is 7.45. The van der Waals surface area contributed by atoms with Gasteiger partial charge in [-0.15, -0.1) is 6.42 Å². The molecule has 21 heavy (non-hydrogen) atoms. The van der Waals surface area contributed by atoms with Crippen molar-refractivity contribution in [1.29, 1.82) is 0 Å². The lowest BCUT2D eigenvalue weighted by atomic mass is 10.1. The number of benzene rings is 1. The van der Waals surface area contributed by atoms with Crippen molar-refractivity contribution in [2.45, 2.75) is 33.4 Å². The molecular formula is C18H23N3. The summed E-state index contributed by atoms with van der Waals surface area (Å²) in [6, 6.07) is 8.86. The summed E-state index contributed by atoms with van der Waals surface area (Å²) in [4.78, 5) is 6.79. The summed E-state index contributed by atoms with van der Waals surface area (Å²) >= 11 is 0. The van der Waals surface area contributed by atoms with Crippen molar-refractivity contribution >= 4 is 16.6 Å². The first kappa shape index (κ1) is 15.3. The molecule has 2 aromatic rings. The van der Waals surface area contributed by atoms with Crippen LogP contribution in [0.4, 0.5) is 5.82 Å². The van der Waals surface area contributed by atoms with Crippen LogP contribution in [-0.2, 0) is 6.54 Å². The maximum atomic E-state index is 5.47. The first-order chi connectivity index (χ1) is 10.2. The van der Waals surface area contributed by atoms with Crippen molar-refractivity contribution < 1.29 is 0 Å². The van der Waals surface area contributed by atoms with E-state index >= 15 is 0 Å². The van der Waals surface area contributed by atoms with Gasteiger partial charge in [0.1, 0.15) is 5.82 Å². The second kappa shape index (κ2) is 7.10. The van der Waals surface area contributed by atoms with Crippen molar-refractivity contribution in [3.8, 4) is 12.3 Å². The Labute approximate surface area is 127 Å². The zero-order valence-corrected chi connectivity index (χ0v) is 13.1. The van der Waals surface area contributed by atoms with E-state index in [-0.39, 0.29) is 0 Å². The highest BCUT2D eigenvalue weighted by atomic mass is 15.2. The number of aromatic nitrogens is 1. The molecule has 3 heteroatoms. The number of nitrogens with one attached hydrogen (secondary N) is 1. The second-order valence-corrected chi connectivity index (χ2v) is 5.41. The smallest absolute Gasteiger partial charge is 0.137 e. The lowest BCUT2D eigenvalue weighted by Gasteiger charge is -2.22. The minimum atomic E-state index is 0.456. The molecule has 1 heterocycles. The van der Waals surface area contributed by atoms with Crippen LogP contribution in [0.3, 0.4) is 0 Å². The van der Waals surface area contributed by atoms with Crippen molar-refractivity contribution in [2.75, 3.05) is 18.0 Å². The molecule has 0 bridgehead atoms. The summed E-state index contributed by atoms with van der Waals surface area (Å²) in [7, 11) is 0. The van der Waals surface area contributed by atoms with Crippen LogP contribution < -0.4 is 10.2 Å². The number of pyridine rings is 1. The average molecular weight is 281 g/mol. The van der Waals surface area contributed by atoms with Gasteiger partial charge >= 0.3 is 0 Å². The Hall–Kier alpha value is -2.05. The van der Waals surface area contributed by atoms with E-state index in [1.165, 1.54) is 10.9 Å². The van der Waals surface area contributed by atoms with Crippen LogP contribution in [0.15, 0.2) is 30.5 Å². The quantitative estimate of drug-likeness (QED) is 0.824. The van der Waals surface area contributed by atoms with E-state index in [0.717, 1.165) is 24.3 Å². The van der Waals surface area contributed by atoms with E-state index in [9.17, 15) is 0 Å². The van der Waals surface area contributed by atoms with Crippen molar-refractivity contribution in [2.24, 2.45) is 0 Å². The van der Waals surface area contributed by atoms with Gasteiger partial charge in [0.15, 0.2) is 0 Å². The lowest BCUT2D eigenvalue weighted by molar-refractivity contribution is 0.590. The van der Waals surface area contributed by atoms with E-state index < -0.39 is 0 Å². The Bertz CT molecular complexity index is 640. The lowest BCUT2D eigenvalue weighted by Crippen LogP contribution is -2.25. The highest BCUT2D eigenvalue weighted by molar-refractivity contribution is 5.94. The van der Waals surface area contributed by atoms with Crippen LogP contribution in [-0.4, -0.2) is 24.1 Å². The number of fused-ring (bicyclic) bond motifs is 1. The van der Waals surface area contributed by atoms with Crippen LogP contribution in [0.5, 0.6) is 0 Å². The average Bonchev–Trinajstić information content (AvgIpc) is 2.50. The normalized spacial score (nSPS) is 10.8. The number of terminal acetylenes is 1. The monoisotopic (exact) mass is 281 g/mol. The molecule has 0 radical (unpaired) electrons. The fourth-order valence-corrected chi connectivity index (χ4v) is 2.39. The summed E-state index contributed by atoms with van der Waals surface area (Å²) in [6.07, 6.45) is 7.43. The van der Waals surface area contributed by atoms with Gasteiger partial charge in [-0.1, -0.05) is 44.0 Å². The molecule has 0 atom stereocenters. The Kier molecular flexibility index (Phi) is 5.19. The van der Waals surface area contributed by atoms with Crippen LogP contribution in [0.2, 0.25) is 0 Å². The Morgan fingerprint density at radius 2 is 2.00 bits per heavy atom. The zero-order chi connectivity index (χ0) is 15.2. The molecule has 110 valence electrons. The molecule has 0 saturated carbocycles. The van der Waals surface area contributed by atoms with Gasteiger partial charge in [-0.25, -0.2) is 4.98 Å². The van der Waals surface area contributed by atoms with Gasteiger partial charge in [0, 0.05) is 30.7 Å². The fraction of sp³-hybridized carbons (Fsp3) is 0.389. The molecule has 0 aliphatic rings. The maximum absolute atomic E-state index is 5.47. The third-order valence-corrected chi connectivity index (χ3v) is 3.52. The fourth-order valence-electron chi connectivity index (χ4n) is 2.39. The van der Waals surface area contributed by atoms with Gasteiger partial charge in [0.05, 0.1) is 6.54 Å². The Morgan fingerprint density at radius 1 is 1.29 bits per heavy atom. The number of nitrogens with zero attached hydrogens (tertiary/aromatic N) is 2. The van der Waals surface area contributed by atoms with Gasteiger partial charge in [-0.05, 0) is 17.9 Å². The molecule has 2 rings (SSSR count). The first-order valence-corrected chi connectivity index (χ1v) is 7.45. The van der Waals surface area contributed by atoms with Gasteiger partial charge in [-0.2, -0.15) is 0 Å². The van der Waals surface area contributed by atoms with E-state index in [2.05, 4.69) is 66.2 Å². The summed E-state index contributed by atoms with van der Waals surface area (Å²) in [5.41, 5.74) is 1.22. The molecule has 1 N–H and O–H groups in total. The summed E-state index contributed by atoms with van der Waals surface area (Å²) in [5.74, 6) is 3.68. The van der Waals surface area contributed by atoms with Gasteiger partial charge < -0.3 is 10.2 Å². The minimum Gasteiger partial charge on any atom is -0.345 e. The molecule has 0 unspecified atom stereocenters. The standard InChI is InChI=1S/C18H23N3/c1-5-11-21(6-2)18-17-10-8-7-9-16(17)15(13-20-18)12-19-14(3)4/h1,7-10,13-14,19H,6,11-12H2,2-4H3. The van der Waals surface area contributed by atoms with Crippen LogP contribution >= 0.6 is 0 Å². The molecule has 3 nitrogen and oxygen atoms in total. The van der Waals surface area contributed by atoms with Gasteiger partial charge in [0.2, 0.25) is 0 Å². The summed E-state index contributed by atoms with van der Waals surface area (Å²) in [5, 5.41) is 5.86. The number of anilines is 1. The third-order valence-electron chi connectivity index (χ3n) is 3.52. The van der Waals surface area contributed by atoms with Crippen molar-refractivity contribution in [1.82, 2.24) is 10.3 Å². The summed E-state index contributed by atoms with van der Waals surface area (Å²) in [6.45, 7) is 8.65. The van der Waals surface area contributed by atoms with Crippen LogP contribution in [0.1, 0.15) is 26.3 Å². The van der Waals surface area contributed by atoms with Gasteiger partial charge in [0.25, 0.3) is 0 Å². The SMILES string of the molecule is C#CCN(CC)c1ncc(CNC(C)C)c2ccccc12. The minimum absolute atomic E-state index is 0.456. The van der Waals surface area contributed by atoms with E-state index in [4.69, 9.17) is 6.42 Å². The predicted octanol–water partition coefficient (Wildman–Crippen LogP) is 3.19. The number of hydrogen-bond donors (Lipinski definition) is 1. The topological polar surface area (TPSA) is 28.2 Å². The number of rotatable bonds is 6. The van der Waals surface area contributed by atoms with E-state index in [1.54, 1.807) is 0 Å². The Balaban J connectivity index is 2.46.